The summed E-state index contributed by atoms with van der Waals surface area (Å²) in [6.07, 6.45) is 4.72. The Balaban J connectivity index is 1.59. The molecule has 2 aliphatic heterocycles. The number of fused-ring (bicyclic) bond motifs is 1. The Bertz CT molecular complexity index is 762. The van der Waals surface area contributed by atoms with Gasteiger partial charge in [0.25, 0.3) is 0 Å². The first kappa shape index (κ1) is 15.6. The van der Waals surface area contributed by atoms with Crippen LogP contribution in [0.3, 0.4) is 0 Å². The lowest BCUT2D eigenvalue weighted by atomic mass is 9.92. The molecule has 2 aromatic carbocycles. The first-order chi connectivity index (χ1) is 11.7. The fourth-order valence-electron chi connectivity index (χ4n) is 4.25. The second-order valence-corrected chi connectivity index (χ2v) is 7.29. The highest BCUT2D eigenvalue weighted by atomic mass is 16.5. The SMILES string of the molecule is Cc1ccc(CN2CC[C@@]3(CCCO3)CCC2=O)c2ccccc12. The smallest absolute Gasteiger partial charge is 0.222 e. The number of hydrogen-bond acceptors (Lipinski definition) is 2. The third-order valence-electron chi connectivity index (χ3n) is 5.76. The fraction of sp³-hybridized carbons (Fsp3) is 0.476. The van der Waals surface area contributed by atoms with E-state index in [2.05, 4.69) is 43.3 Å². The topological polar surface area (TPSA) is 29.5 Å². The number of rotatable bonds is 2. The third-order valence-corrected chi connectivity index (χ3v) is 5.76. The monoisotopic (exact) mass is 323 g/mol. The number of carbonyl (C=O) groups is 1. The summed E-state index contributed by atoms with van der Waals surface area (Å²) in [7, 11) is 0. The van der Waals surface area contributed by atoms with Gasteiger partial charge in [0.2, 0.25) is 5.91 Å². The molecule has 2 aromatic rings. The maximum absolute atomic E-state index is 12.6. The second kappa shape index (κ2) is 6.21. The van der Waals surface area contributed by atoms with Crippen molar-refractivity contribution in [2.24, 2.45) is 0 Å². The molecule has 1 atom stereocenters. The number of hydrogen-bond donors (Lipinski definition) is 0. The van der Waals surface area contributed by atoms with Crippen LogP contribution in [0.25, 0.3) is 10.8 Å². The summed E-state index contributed by atoms with van der Waals surface area (Å²) < 4.78 is 6.02. The van der Waals surface area contributed by atoms with Crippen LogP contribution in [0.4, 0.5) is 0 Å². The maximum Gasteiger partial charge on any atom is 0.222 e. The molecule has 3 heteroatoms. The van der Waals surface area contributed by atoms with E-state index in [-0.39, 0.29) is 11.5 Å². The summed E-state index contributed by atoms with van der Waals surface area (Å²) in [6.45, 7) is 4.51. The molecule has 1 amide bonds. The first-order valence-electron chi connectivity index (χ1n) is 9.06. The number of carbonyl (C=O) groups excluding carboxylic acids is 1. The lowest BCUT2D eigenvalue weighted by molar-refractivity contribution is -0.131. The van der Waals surface area contributed by atoms with Gasteiger partial charge < -0.3 is 9.64 Å². The van der Waals surface area contributed by atoms with Crippen molar-refractivity contribution in [1.82, 2.24) is 4.90 Å². The highest BCUT2D eigenvalue weighted by Crippen LogP contribution is 2.36. The summed E-state index contributed by atoms with van der Waals surface area (Å²) in [5.74, 6) is 0.270. The van der Waals surface area contributed by atoms with Gasteiger partial charge in [0, 0.05) is 26.1 Å². The summed E-state index contributed by atoms with van der Waals surface area (Å²) >= 11 is 0. The largest absolute Gasteiger partial charge is 0.375 e. The number of aryl methyl sites for hydroxylation is 1. The summed E-state index contributed by atoms with van der Waals surface area (Å²) in [6, 6.07) is 12.8. The first-order valence-corrected chi connectivity index (χ1v) is 9.06. The van der Waals surface area contributed by atoms with Gasteiger partial charge in [-0.3, -0.25) is 4.79 Å². The van der Waals surface area contributed by atoms with E-state index >= 15 is 0 Å². The van der Waals surface area contributed by atoms with Crippen molar-refractivity contribution in [2.45, 2.75) is 51.2 Å². The Morgan fingerprint density at radius 2 is 1.92 bits per heavy atom. The number of amides is 1. The van der Waals surface area contributed by atoms with Gasteiger partial charge in [0.1, 0.15) is 0 Å². The van der Waals surface area contributed by atoms with E-state index in [4.69, 9.17) is 4.74 Å². The van der Waals surface area contributed by atoms with Gasteiger partial charge in [-0.2, -0.15) is 0 Å². The Kier molecular flexibility index (Phi) is 4.05. The molecule has 2 fully saturated rings. The molecular formula is C21H25NO2. The van der Waals surface area contributed by atoms with Crippen LogP contribution in [0.5, 0.6) is 0 Å². The normalized spacial score (nSPS) is 24.7. The van der Waals surface area contributed by atoms with E-state index in [1.807, 2.05) is 4.90 Å². The molecule has 0 radical (unpaired) electrons. The van der Waals surface area contributed by atoms with E-state index < -0.39 is 0 Å². The van der Waals surface area contributed by atoms with Gasteiger partial charge in [0.05, 0.1) is 5.60 Å². The van der Waals surface area contributed by atoms with Gasteiger partial charge in [-0.05, 0) is 54.5 Å². The van der Waals surface area contributed by atoms with Gasteiger partial charge in [-0.1, -0.05) is 36.4 Å². The van der Waals surface area contributed by atoms with Crippen molar-refractivity contribution in [3.63, 3.8) is 0 Å². The molecule has 2 aliphatic rings. The fourth-order valence-corrected chi connectivity index (χ4v) is 4.25. The quantitative estimate of drug-likeness (QED) is 0.828. The Labute approximate surface area is 143 Å². The van der Waals surface area contributed by atoms with Crippen molar-refractivity contribution in [2.75, 3.05) is 13.2 Å². The third kappa shape index (κ3) is 2.82. The van der Waals surface area contributed by atoms with Crippen LogP contribution < -0.4 is 0 Å². The van der Waals surface area contributed by atoms with E-state index in [1.54, 1.807) is 0 Å². The molecule has 4 rings (SSSR count). The lowest BCUT2D eigenvalue weighted by Gasteiger charge is -2.27. The van der Waals surface area contributed by atoms with Crippen LogP contribution in [0, 0.1) is 6.92 Å². The molecule has 2 saturated heterocycles. The number of ether oxygens (including phenoxy) is 1. The standard InChI is InChI=1S/C21H25NO2/c1-16-7-8-17(19-6-3-2-5-18(16)19)15-22-13-12-21(10-4-14-24-21)11-9-20(22)23/h2-3,5-8H,4,9-15H2,1H3/t21-/m1/s1. The molecule has 2 heterocycles. The van der Waals surface area contributed by atoms with Crippen LogP contribution in [-0.2, 0) is 16.1 Å². The van der Waals surface area contributed by atoms with Gasteiger partial charge in [-0.25, -0.2) is 0 Å². The van der Waals surface area contributed by atoms with Gasteiger partial charge in [0.15, 0.2) is 0 Å². The van der Waals surface area contributed by atoms with Crippen LogP contribution in [-0.4, -0.2) is 29.6 Å². The molecule has 0 saturated carbocycles. The van der Waals surface area contributed by atoms with Crippen molar-refractivity contribution >= 4 is 16.7 Å². The molecule has 24 heavy (non-hydrogen) atoms. The van der Waals surface area contributed by atoms with E-state index in [0.29, 0.717) is 13.0 Å². The van der Waals surface area contributed by atoms with Crippen molar-refractivity contribution < 1.29 is 9.53 Å². The molecular weight excluding hydrogens is 298 g/mol. The average molecular weight is 323 g/mol. The number of likely N-dealkylation sites (tertiary alicyclic amines) is 1. The molecule has 0 N–H and O–H groups in total. The zero-order valence-corrected chi connectivity index (χ0v) is 14.4. The number of benzene rings is 2. The Hall–Kier alpha value is -1.87. The van der Waals surface area contributed by atoms with E-state index in [0.717, 1.165) is 38.8 Å². The van der Waals surface area contributed by atoms with Crippen molar-refractivity contribution in [3.05, 3.63) is 47.5 Å². The highest BCUT2D eigenvalue weighted by Gasteiger charge is 2.38. The molecule has 0 bridgehead atoms. The van der Waals surface area contributed by atoms with E-state index in [1.165, 1.54) is 21.9 Å². The summed E-state index contributed by atoms with van der Waals surface area (Å²) in [5.41, 5.74) is 2.50. The zero-order chi connectivity index (χ0) is 16.6. The molecule has 1 spiro atoms. The van der Waals surface area contributed by atoms with Crippen LogP contribution in [0.2, 0.25) is 0 Å². The average Bonchev–Trinajstić information content (AvgIpc) is 3.02. The minimum Gasteiger partial charge on any atom is -0.375 e. The zero-order valence-electron chi connectivity index (χ0n) is 14.4. The Morgan fingerprint density at radius 1 is 1.08 bits per heavy atom. The van der Waals surface area contributed by atoms with Crippen LogP contribution in [0.15, 0.2) is 36.4 Å². The molecule has 0 aliphatic carbocycles. The van der Waals surface area contributed by atoms with Gasteiger partial charge >= 0.3 is 0 Å². The van der Waals surface area contributed by atoms with E-state index in [9.17, 15) is 4.79 Å². The van der Waals surface area contributed by atoms with Crippen molar-refractivity contribution in [1.29, 1.82) is 0 Å². The predicted molar refractivity (Wildman–Crippen MR) is 95.9 cm³/mol. The summed E-state index contributed by atoms with van der Waals surface area (Å²) in [4.78, 5) is 14.7. The minimum atomic E-state index is -0.0280. The molecule has 3 nitrogen and oxygen atoms in total. The molecule has 0 unspecified atom stereocenters. The lowest BCUT2D eigenvalue weighted by Crippen LogP contribution is -2.32. The second-order valence-electron chi connectivity index (χ2n) is 7.29. The van der Waals surface area contributed by atoms with Gasteiger partial charge in [-0.15, -0.1) is 0 Å². The van der Waals surface area contributed by atoms with Crippen LogP contribution >= 0.6 is 0 Å². The molecule has 0 aromatic heterocycles. The highest BCUT2D eigenvalue weighted by molar-refractivity contribution is 5.89. The van der Waals surface area contributed by atoms with Crippen LogP contribution in [0.1, 0.15) is 43.2 Å². The van der Waals surface area contributed by atoms with Crippen molar-refractivity contribution in [3.8, 4) is 0 Å². The number of nitrogens with zero attached hydrogens (tertiary/aromatic N) is 1. The molecule has 126 valence electrons. The predicted octanol–water partition coefficient (Wildman–Crippen LogP) is 4.21. The maximum atomic E-state index is 12.6. The minimum absolute atomic E-state index is 0.0280. The Morgan fingerprint density at radius 3 is 2.71 bits per heavy atom. The summed E-state index contributed by atoms with van der Waals surface area (Å²) in [5, 5.41) is 2.55.